The third-order valence-electron chi connectivity index (χ3n) is 3.90. The van der Waals surface area contributed by atoms with Crippen molar-refractivity contribution in [3.05, 3.63) is 41.8 Å². The second-order valence-corrected chi connectivity index (χ2v) is 5.88. The molecule has 0 radical (unpaired) electrons. The largest absolute Gasteiger partial charge is 0.490 e. The lowest BCUT2D eigenvalue weighted by Gasteiger charge is -2.02. The maximum Gasteiger partial charge on any atom is 0.322 e. The zero-order chi connectivity index (χ0) is 19.0. The maximum atomic E-state index is 12.5. The van der Waals surface area contributed by atoms with Crippen LogP contribution in [0.2, 0.25) is 0 Å². The van der Waals surface area contributed by atoms with Crippen LogP contribution in [-0.2, 0) is 7.05 Å². The summed E-state index contributed by atoms with van der Waals surface area (Å²) in [6.07, 6.45) is 0. The minimum atomic E-state index is -0.495. The first-order valence-electron chi connectivity index (χ1n) is 8.36. The Balaban J connectivity index is 1.57. The van der Waals surface area contributed by atoms with E-state index in [4.69, 9.17) is 13.6 Å². The van der Waals surface area contributed by atoms with Gasteiger partial charge in [-0.1, -0.05) is 17.2 Å². The third-order valence-corrected chi connectivity index (χ3v) is 3.90. The van der Waals surface area contributed by atoms with Crippen LogP contribution in [0, 0.1) is 6.92 Å². The minimum absolute atomic E-state index is 0.0284. The number of fused-ring (bicyclic) bond motifs is 1. The predicted octanol–water partition coefficient (Wildman–Crippen LogP) is 3.18. The van der Waals surface area contributed by atoms with Crippen LogP contribution in [0.25, 0.3) is 22.6 Å². The molecule has 9 heteroatoms. The SMILES string of the molecule is CCOc1cccc2cc(C(=O)Nc3nnc(-c4cc(C)nn4C)o3)oc12. The smallest absolute Gasteiger partial charge is 0.322 e. The molecule has 27 heavy (non-hydrogen) atoms. The number of anilines is 1. The van der Waals surface area contributed by atoms with Crippen LogP contribution in [0.5, 0.6) is 5.75 Å². The summed E-state index contributed by atoms with van der Waals surface area (Å²) in [5, 5.41) is 15.3. The molecule has 0 fully saturated rings. The van der Waals surface area contributed by atoms with E-state index in [0.29, 0.717) is 23.6 Å². The van der Waals surface area contributed by atoms with Crippen molar-refractivity contribution in [3.8, 4) is 17.3 Å². The molecule has 1 N–H and O–H groups in total. The van der Waals surface area contributed by atoms with Gasteiger partial charge in [0.05, 0.1) is 12.3 Å². The van der Waals surface area contributed by atoms with Crippen molar-refractivity contribution in [3.63, 3.8) is 0 Å². The van der Waals surface area contributed by atoms with Crippen molar-refractivity contribution >= 4 is 22.9 Å². The molecule has 0 aliphatic heterocycles. The number of amides is 1. The molecule has 0 saturated heterocycles. The molecule has 4 rings (SSSR count). The molecule has 9 nitrogen and oxygen atoms in total. The molecule has 0 saturated carbocycles. The highest BCUT2D eigenvalue weighted by Crippen LogP contribution is 2.29. The number of hydrogen-bond donors (Lipinski definition) is 1. The van der Waals surface area contributed by atoms with E-state index in [2.05, 4.69) is 20.6 Å². The van der Waals surface area contributed by atoms with Crippen LogP contribution >= 0.6 is 0 Å². The molecule has 0 spiro atoms. The first-order valence-corrected chi connectivity index (χ1v) is 8.36. The number of para-hydroxylation sites is 1. The van der Waals surface area contributed by atoms with Crippen LogP contribution in [-0.4, -0.2) is 32.5 Å². The molecular weight excluding hydrogens is 350 g/mol. The second-order valence-electron chi connectivity index (χ2n) is 5.88. The van der Waals surface area contributed by atoms with Gasteiger partial charge in [0.2, 0.25) is 0 Å². The summed E-state index contributed by atoms with van der Waals surface area (Å²) in [6.45, 7) is 4.24. The van der Waals surface area contributed by atoms with E-state index >= 15 is 0 Å². The Kier molecular flexibility index (Phi) is 4.11. The van der Waals surface area contributed by atoms with Crippen molar-refractivity contribution in [1.29, 1.82) is 0 Å². The topological polar surface area (TPSA) is 108 Å². The van der Waals surface area contributed by atoms with E-state index < -0.39 is 5.91 Å². The number of rotatable bonds is 5. The summed E-state index contributed by atoms with van der Waals surface area (Å²) in [6, 6.07) is 8.89. The van der Waals surface area contributed by atoms with Gasteiger partial charge in [0.1, 0.15) is 5.69 Å². The molecule has 4 aromatic rings. The molecule has 3 heterocycles. The Hall–Kier alpha value is -3.62. The van der Waals surface area contributed by atoms with Gasteiger partial charge in [-0.15, -0.1) is 5.10 Å². The molecular formula is C18H17N5O4. The monoisotopic (exact) mass is 367 g/mol. The molecule has 138 valence electrons. The zero-order valence-electron chi connectivity index (χ0n) is 15.0. The number of hydrogen-bond acceptors (Lipinski definition) is 7. The summed E-state index contributed by atoms with van der Waals surface area (Å²) >= 11 is 0. The maximum absolute atomic E-state index is 12.5. The standard InChI is InChI=1S/C18H17N5O4/c1-4-25-13-7-5-6-11-9-14(26-15(11)13)16(24)19-18-21-20-17(27-18)12-8-10(2)22-23(12)3/h5-9H,4H2,1-3H3,(H,19,21,24). The van der Waals surface area contributed by atoms with E-state index in [1.807, 2.05) is 32.0 Å². The lowest BCUT2D eigenvalue weighted by molar-refractivity contribution is 0.0995. The number of aromatic nitrogens is 4. The minimum Gasteiger partial charge on any atom is -0.490 e. The Morgan fingerprint density at radius 3 is 2.85 bits per heavy atom. The molecule has 1 aromatic carbocycles. The van der Waals surface area contributed by atoms with Crippen LogP contribution in [0.3, 0.4) is 0 Å². The molecule has 0 atom stereocenters. The lowest BCUT2D eigenvalue weighted by atomic mass is 10.2. The van der Waals surface area contributed by atoms with Crippen LogP contribution < -0.4 is 10.1 Å². The molecule has 0 aliphatic carbocycles. The van der Waals surface area contributed by atoms with Crippen LogP contribution in [0.15, 0.2) is 39.2 Å². The summed E-state index contributed by atoms with van der Waals surface area (Å²) in [7, 11) is 1.77. The fourth-order valence-electron chi connectivity index (χ4n) is 2.76. The summed E-state index contributed by atoms with van der Waals surface area (Å²) in [4.78, 5) is 12.5. The van der Waals surface area contributed by atoms with Crippen molar-refractivity contribution < 1.29 is 18.4 Å². The quantitative estimate of drug-likeness (QED) is 0.577. The number of ether oxygens (including phenoxy) is 1. The van der Waals surface area contributed by atoms with Gasteiger partial charge in [-0.2, -0.15) is 5.10 Å². The Labute approximate surface area is 153 Å². The van der Waals surface area contributed by atoms with Gasteiger partial charge >= 0.3 is 6.01 Å². The number of nitrogens with one attached hydrogen (secondary N) is 1. The van der Waals surface area contributed by atoms with E-state index in [1.54, 1.807) is 23.9 Å². The average molecular weight is 367 g/mol. The summed E-state index contributed by atoms with van der Waals surface area (Å²) in [5.74, 6) is 0.468. The zero-order valence-corrected chi connectivity index (χ0v) is 15.0. The van der Waals surface area contributed by atoms with E-state index in [-0.39, 0.29) is 17.7 Å². The normalized spacial score (nSPS) is 11.1. The first kappa shape index (κ1) is 16.8. The van der Waals surface area contributed by atoms with Crippen LogP contribution in [0.1, 0.15) is 23.2 Å². The fourth-order valence-corrected chi connectivity index (χ4v) is 2.76. The second kappa shape index (κ2) is 6.60. The Bertz CT molecular complexity index is 1120. The molecule has 0 bridgehead atoms. The number of furan rings is 1. The Morgan fingerprint density at radius 2 is 2.11 bits per heavy atom. The van der Waals surface area contributed by atoms with Crippen molar-refractivity contribution in [1.82, 2.24) is 20.0 Å². The summed E-state index contributed by atoms with van der Waals surface area (Å²) in [5.41, 5.74) is 2.00. The van der Waals surface area contributed by atoms with E-state index in [0.717, 1.165) is 11.1 Å². The van der Waals surface area contributed by atoms with E-state index in [9.17, 15) is 4.79 Å². The van der Waals surface area contributed by atoms with Crippen molar-refractivity contribution in [2.24, 2.45) is 7.05 Å². The van der Waals surface area contributed by atoms with Gasteiger partial charge in [-0.3, -0.25) is 14.8 Å². The molecule has 0 aliphatic rings. The molecule has 0 unspecified atom stereocenters. The van der Waals surface area contributed by atoms with Gasteiger partial charge in [-0.05, 0) is 32.0 Å². The van der Waals surface area contributed by atoms with Gasteiger partial charge in [-0.25, -0.2) is 0 Å². The lowest BCUT2D eigenvalue weighted by Crippen LogP contribution is -2.11. The average Bonchev–Trinajstić information content (AvgIpc) is 3.33. The highest BCUT2D eigenvalue weighted by molar-refractivity contribution is 6.04. The number of carbonyl (C=O) groups excluding carboxylic acids is 1. The fraction of sp³-hybridized carbons (Fsp3) is 0.222. The number of aryl methyl sites for hydroxylation is 2. The van der Waals surface area contributed by atoms with Crippen molar-refractivity contribution in [2.45, 2.75) is 13.8 Å². The number of nitrogens with zero attached hydrogens (tertiary/aromatic N) is 4. The first-order chi connectivity index (χ1) is 13.0. The van der Waals surface area contributed by atoms with Gasteiger partial charge < -0.3 is 13.6 Å². The molecule has 1 amide bonds. The molecule has 3 aromatic heterocycles. The van der Waals surface area contributed by atoms with Crippen LogP contribution in [0.4, 0.5) is 6.01 Å². The third kappa shape index (κ3) is 3.14. The van der Waals surface area contributed by atoms with Gasteiger partial charge in [0.15, 0.2) is 17.1 Å². The van der Waals surface area contributed by atoms with Gasteiger partial charge in [0, 0.05) is 12.4 Å². The van der Waals surface area contributed by atoms with Crippen molar-refractivity contribution in [2.75, 3.05) is 11.9 Å². The summed E-state index contributed by atoms with van der Waals surface area (Å²) < 4.78 is 18.3. The highest BCUT2D eigenvalue weighted by atomic mass is 16.5. The highest BCUT2D eigenvalue weighted by Gasteiger charge is 2.19. The number of carbonyl (C=O) groups is 1. The van der Waals surface area contributed by atoms with E-state index in [1.165, 1.54) is 0 Å². The Morgan fingerprint density at radius 1 is 1.26 bits per heavy atom. The number of benzene rings is 1. The van der Waals surface area contributed by atoms with Gasteiger partial charge in [0.25, 0.3) is 11.8 Å². The predicted molar refractivity (Wildman–Crippen MR) is 96.6 cm³/mol.